The molecule has 1 fully saturated rings. The summed E-state index contributed by atoms with van der Waals surface area (Å²) in [5, 5.41) is 7.70. The van der Waals surface area contributed by atoms with Crippen LogP contribution in [0.4, 0.5) is 5.69 Å². The summed E-state index contributed by atoms with van der Waals surface area (Å²) in [6, 6.07) is 10.8. The molecule has 0 bridgehead atoms. The number of rotatable bonds is 5. The first-order chi connectivity index (χ1) is 12.3. The SMILES string of the molecule is CCc1n[nH]c2c1CN(CCN1CCN(c3ccccc3)CC1)CC2. The Balaban J connectivity index is 1.25. The van der Waals surface area contributed by atoms with Crippen LogP contribution in [-0.4, -0.2) is 65.8 Å². The number of para-hydroxylation sites is 1. The minimum Gasteiger partial charge on any atom is -0.369 e. The van der Waals surface area contributed by atoms with Crippen molar-refractivity contribution < 1.29 is 0 Å². The van der Waals surface area contributed by atoms with E-state index in [2.05, 4.69) is 62.2 Å². The Morgan fingerprint density at radius 2 is 1.72 bits per heavy atom. The van der Waals surface area contributed by atoms with Gasteiger partial charge in [0.15, 0.2) is 0 Å². The molecule has 0 atom stereocenters. The molecule has 0 amide bonds. The van der Waals surface area contributed by atoms with Crippen LogP contribution in [0.5, 0.6) is 0 Å². The molecular formula is C20H29N5. The van der Waals surface area contributed by atoms with Crippen molar-refractivity contribution in [3.05, 3.63) is 47.3 Å². The molecule has 1 saturated heterocycles. The summed E-state index contributed by atoms with van der Waals surface area (Å²) in [6.07, 6.45) is 2.14. The number of aromatic amines is 1. The predicted molar refractivity (Wildman–Crippen MR) is 102 cm³/mol. The normalized spacial score (nSPS) is 19.2. The van der Waals surface area contributed by atoms with Gasteiger partial charge in [-0.3, -0.25) is 14.9 Å². The molecule has 0 saturated carbocycles. The van der Waals surface area contributed by atoms with E-state index < -0.39 is 0 Å². The molecule has 1 aromatic carbocycles. The van der Waals surface area contributed by atoms with E-state index in [1.165, 1.54) is 48.8 Å². The van der Waals surface area contributed by atoms with E-state index in [4.69, 9.17) is 0 Å². The third-order valence-corrected chi connectivity index (χ3v) is 5.66. The lowest BCUT2D eigenvalue weighted by molar-refractivity contribution is 0.186. The van der Waals surface area contributed by atoms with Crippen molar-refractivity contribution in [3.63, 3.8) is 0 Å². The number of piperazine rings is 1. The average Bonchev–Trinajstić information content (AvgIpc) is 3.10. The third kappa shape index (κ3) is 3.72. The van der Waals surface area contributed by atoms with Crippen LogP contribution in [0, 0.1) is 0 Å². The fourth-order valence-corrected chi connectivity index (χ4v) is 4.04. The molecular weight excluding hydrogens is 310 g/mol. The highest BCUT2D eigenvalue weighted by molar-refractivity contribution is 5.46. The van der Waals surface area contributed by atoms with Gasteiger partial charge in [-0.25, -0.2) is 0 Å². The van der Waals surface area contributed by atoms with E-state index >= 15 is 0 Å². The Kier molecular flexibility index (Phi) is 5.04. The van der Waals surface area contributed by atoms with Crippen molar-refractivity contribution in [1.29, 1.82) is 0 Å². The Morgan fingerprint density at radius 3 is 2.48 bits per heavy atom. The van der Waals surface area contributed by atoms with Gasteiger partial charge in [0.05, 0.1) is 5.69 Å². The number of hydrogen-bond acceptors (Lipinski definition) is 4. The van der Waals surface area contributed by atoms with Gasteiger partial charge in [-0.15, -0.1) is 0 Å². The highest BCUT2D eigenvalue weighted by Gasteiger charge is 2.22. The summed E-state index contributed by atoms with van der Waals surface area (Å²) in [7, 11) is 0. The monoisotopic (exact) mass is 339 g/mol. The van der Waals surface area contributed by atoms with Gasteiger partial charge in [0.25, 0.3) is 0 Å². The van der Waals surface area contributed by atoms with Crippen LogP contribution in [0.2, 0.25) is 0 Å². The Labute approximate surface area is 150 Å². The molecule has 25 heavy (non-hydrogen) atoms. The van der Waals surface area contributed by atoms with Crippen LogP contribution < -0.4 is 4.90 Å². The molecule has 0 spiro atoms. The van der Waals surface area contributed by atoms with Crippen LogP contribution in [0.15, 0.2) is 30.3 Å². The summed E-state index contributed by atoms with van der Waals surface area (Å²) in [5.74, 6) is 0. The van der Waals surface area contributed by atoms with E-state index in [9.17, 15) is 0 Å². The highest BCUT2D eigenvalue weighted by atomic mass is 15.3. The number of H-pyrrole nitrogens is 1. The van der Waals surface area contributed by atoms with Gasteiger partial charge in [-0.2, -0.15) is 5.10 Å². The van der Waals surface area contributed by atoms with Crippen LogP contribution in [0.25, 0.3) is 0 Å². The second kappa shape index (κ2) is 7.58. The Morgan fingerprint density at radius 1 is 0.960 bits per heavy atom. The number of anilines is 1. The van der Waals surface area contributed by atoms with Crippen molar-refractivity contribution in [3.8, 4) is 0 Å². The van der Waals surface area contributed by atoms with E-state index in [0.29, 0.717) is 0 Å². The lowest BCUT2D eigenvalue weighted by Gasteiger charge is -2.37. The predicted octanol–water partition coefficient (Wildman–Crippen LogP) is 2.15. The molecule has 0 aliphatic carbocycles. The number of benzene rings is 1. The fraction of sp³-hybridized carbons (Fsp3) is 0.550. The summed E-state index contributed by atoms with van der Waals surface area (Å²) in [6.45, 7) is 11.4. The first-order valence-corrected chi connectivity index (χ1v) is 9.63. The number of aromatic nitrogens is 2. The average molecular weight is 339 g/mol. The smallest absolute Gasteiger partial charge is 0.0667 e. The van der Waals surface area contributed by atoms with E-state index in [0.717, 1.165) is 39.0 Å². The minimum absolute atomic E-state index is 1.03. The molecule has 2 aliphatic heterocycles. The van der Waals surface area contributed by atoms with Crippen LogP contribution >= 0.6 is 0 Å². The lowest BCUT2D eigenvalue weighted by atomic mass is 10.0. The number of aryl methyl sites for hydroxylation is 1. The number of fused-ring (bicyclic) bond motifs is 1. The standard InChI is InChI=1S/C20H29N5/c1-2-19-18-16-24(9-8-20(18)22-21-19)11-10-23-12-14-25(15-13-23)17-6-4-3-5-7-17/h3-7H,2,8-16H2,1H3,(H,21,22). The van der Waals surface area contributed by atoms with Gasteiger partial charge in [0, 0.05) is 75.7 Å². The van der Waals surface area contributed by atoms with E-state index in [1.54, 1.807) is 0 Å². The maximum absolute atomic E-state index is 4.47. The fourth-order valence-electron chi connectivity index (χ4n) is 4.04. The molecule has 3 heterocycles. The third-order valence-electron chi connectivity index (χ3n) is 5.66. The van der Waals surface area contributed by atoms with Crippen molar-refractivity contribution >= 4 is 5.69 Å². The quantitative estimate of drug-likeness (QED) is 0.906. The zero-order valence-corrected chi connectivity index (χ0v) is 15.2. The van der Waals surface area contributed by atoms with Crippen LogP contribution in [0.1, 0.15) is 23.9 Å². The van der Waals surface area contributed by atoms with Crippen molar-refractivity contribution in [1.82, 2.24) is 20.0 Å². The molecule has 1 aromatic heterocycles. The van der Waals surface area contributed by atoms with Crippen LogP contribution in [0.3, 0.4) is 0 Å². The molecule has 2 aliphatic rings. The molecule has 0 radical (unpaired) electrons. The zero-order valence-electron chi connectivity index (χ0n) is 15.2. The summed E-state index contributed by atoms with van der Waals surface area (Å²) >= 11 is 0. The van der Waals surface area contributed by atoms with Gasteiger partial charge in [-0.1, -0.05) is 25.1 Å². The lowest BCUT2D eigenvalue weighted by Crippen LogP contribution is -2.48. The van der Waals surface area contributed by atoms with E-state index in [1.807, 2.05) is 0 Å². The maximum atomic E-state index is 4.47. The van der Waals surface area contributed by atoms with Gasteiger partial charge < -0.3 is 4.90 Å². The second-order valence-corrected chi connectivity index (χ2v) is 7.17. The van der Waals surface area contributed by atoms with Crippen molar-refractivity contribution in [2.45, 2.75) is 26.3 Å². The number of nitrogens with one attached hydrogen (secondary N) is 1. The molecule has 0 unspecified atom stereocenters. The molecule has 4 rings (SSSR count). The van der Waals surface area contributed by atoms with Gasteiger partial charge in [0.2, 0.25) is 0 Å². The van der Waals surface area contributed by atoms with Gasteiger partial charge >= 0.3 is 0 Å². The van der Waals surface area contributed by atoms with E-state index in [-0.39, 0.29) is 0 Å². The van der Waals surface area contributed by atoms with Gasteiger partial charge in [0.1, 0.15) is 0 Å². The molecule has 2 aromatic rings. The van der Waals surface area contributed by atoms with Gasteiger partial charge in [-0.05, 0) is 18.6 Å². The summed E-state index contributed by atoms with van der Waals surface area (Å²) in [5.41, 5.74) is 5.45. The van der Waals surface area contributed by atoms with Crippen LogP contribution in [-0.2, 0) is 19.4 Å². The molecule has 134 valence electrons. The largest absolute Gasteiger partial charge is 0.369 e. The zero-order chi connectivity index (χ0) is 17.1. The molecule has 1 N–H and O–H groups in total. The first-order valence-electron chi connectivity index (χ1n) is 9.63. The number of nitrogens with zero attached hydrogens (tertiary/aromatic N) is 4. The topological polar surface area (TPSA) is 38.4 Å². The highest BCUT2D eigenvalue weighted by Crippen LogP contribution is 2.21. The first kappa shape index (κ1) is 16.6. The second-order valence-electron chi connectivity index (χ2n) is 7.17. The maximum Gasteiger partial charge on any atom is 0.0667 e. The van der Waals surface area contributed by atoms with Crippen molar-refractivity contribution in [2.75, 3.05) is 50.7 Å². The van der Waals surface area contributed by atoms with Crippen molar-refractivity contribution in [2.24, 2.45) is 0 Å². The summed E-state index contributed by atoms with van der Waals surface area (Å²) in [4.78, 5) is 7.72. The summed E-state index contributed by atoms with van der Waals surface area (Å²) < 4.78 is 0. The molecule has 5 nitrogen and oxygen atoms in total. The Bertz CT molecular complexity index is 659. The minimum atomic E-state index is 1.03. The number of hydrogen-bond donors (Lipinski definition) is 1. The Hall–Kier alpha value is -1.85. The molecule has 5 heteroatoms.